The smallest absolute Gasteiger partial charge is 0.348 e. The minimum Gasteiger partial charge on any atom is -0.394 e. The lowest BCUT2D eigenvalue weighted by Gasteiger charge is -2.34. The van der Waals surface area contributed by atoms with Crippen LogP contribution in [0.2, 0.25) is 11.6 Å². The normalized spacial score (nSPS) is 13.5. The van der Waals surface area contributed by atoms with E-state index < -0.39 is 8.56 Å². The average molecular weight is 289 g/mol. The second-order valence-electron chi connectivity index (χ2n) is 5.02. The highest BCUT2D eigenvalue weighted by Crippen LogP contribution is 2.32. The summed E-state index contributed by atoms with van der Waals surface area (Å²) < 4.78 is 12.0. The summed E-state index contributed by atoms with van der Waals surface area (Å²) in [5.41, 5.74) is -0.00999. The molecule has 0 aromatic carbocycles. The summed E-state index contributed by atoms with van der Waals surface area (Å²) in [7, 11) is -2.35. The van der Waals surface area contributed by atoms with E-state index in [1.807, 2.05) is 13.8 Å². The number of carbonyl (C=O) groups is 1. The van der Waals surface area contributed by atoms with Crippen molar-refractivity contribution in [1.29, 1.82) is 0 Å². The third-order valence-electron chi connectivity index (χ3n) is 3.47. The Morgan fingerprint density at radius 3 is 2.00 bits per heavy atom. The first-order valence-electron chi connectivity index (χ1n) is 7.93. The SMILES string of the molecule is CCCCCCC(C=O)[Si](CCC)(OCC)OCC. The fourth-order valence-electron chi connectivity index (χ4n) is 2.61. The summed E-state index contributed by atoms with van der Waals surface area (Å²) in [6.45, 7) is 9.62. The predicted octanol–water partition coefficient (Wildman–Crippen LogP) is 4.45. The molecule has 0 bridgehead atoms. The van der Waals surface area contributed by atoms with Crippen molar-refractivity contribution in [3.63, 3.8) is 0 Å². The molecule has 3 nitrogen and oxygen atoms in total. The van der Waals surface area contributed by atoms with Crippen LogP contribution in [0.4, 0.5) is 0 Å². The molecule has 0 rings (SSSR count). The van der Waals surface area contributed by atoms with Crippen molar-refractivity contribution in [2.75, 3.05) is 13.2 Å². The van der Waals surface area contributed by atoms with Crippen LogP contribution in [0.25, 0.3) is 0 Å². The highest BCUT2D eigenvalue weighted by molar-refractivity contribution is 6.71. The van der Waals surface area contributed by atoms with Gasteiger partial charge in [-0.3, -0.25) is 0 Å². The third kappa shape index (κ3) is 6.68. The van der Waals surface area contributed by atoms with Crippen LogP contribution in [0.5, 0.6) is 0 Å². The second kappa shape index (κ2) is 11.6. The maximum absolute atomic E-state index is 11.5. The van der Waals surface area contributed by atoms with Crippen molar-refractivity contribution in [3.05, 3.63) is 0 Å². The van der Waals surface area contributed by atoms with E-state index in [1.165, 1.54) is 19.3 Å². The zero-order valence-electron chi connectivity index (χ0n) is 13.2. The Hall–Kier alpha value is -0.193. The minimum absolute atomic E-state index is 0.00999. The average Bonchev–Trinajstić information content (AvgIpc) is 2.39. The number of rotatable bonds is 13. The van der Waals surface area contributed by atoms with Crippen molar-refractivity contribution in [3.8, 4) is 0 Å². The first-order chi connectivity index (χ1) is 9.20. The Labute approximate surface area is 120 Å². The van der Waals surface area contributed by atoms with E-state index in [0.29, 0.717) is 13.2 Å². The molecule has 0 heterocycles. The van der Waals surface area contributed by atoms with Gasteiger partial charge in [0.2, 0.25) is 0 Å². The molecule has 0 fully saturated rings. The molecular weight excluding hydrogens is 256 g/mol. The van der Waals surface area contributed by atoms with Crippen molar-refractivity contribution < 1.29 is 13.6 Å². The monoisotopic (exact) mass is 288 g/mol. The number of aldehydes is 1. The molecule has 4 heteroatoms. The zero-order chi connectivity index (χ0) is 14.6. The maximum atomic E-state index is 11.5. The van der Waals surface area contributed by atoms with Gasteiger partial charge in [-0.15, -0.1) is 0 Å². The fourth-order valence-corrected chi connectivity index (χ4v) is 6.30. The van der Waals surface area contributed by atoms with E-state index in [1.54, 1.807) is 0 Å². The van der Waals surface area contributed by atoms with Crippen molar-refractivity contribution in [2.24, 2.45) is 0 Å². The molecule has 0 saturated carbocycles. The quantitative estimate of drug-likeness (QED) is 0.285. The molecule has 0 aliphatic heterocycles. The summed E-state index contributed by atoms with van der Waals surface area (Å²) >= 11 is 0. The highest BCUT2D eigenvalue weighted by atomic mass is 28.4. The first kappa shape index (κ1) is 18.8. The van der Waals surface area contributed by atoms with Crippen LogP contribution in [0.3, 0.4) is 0 Å². The molecule has 0 aliphatic carbocycles. The van der Waals surface area contributed by atoms with Gasteiger partial charge in [0.15, 0.2) is 0 Å². The molecule has 114 valence electrons. The highest BCUT2D eigenvalue weighted by Gasteiger charge is 2.44. The topological polar surface area (TPSA) is 35.5 Å². The lowest BCUT2D eigenvalue weighted by atomic mass is 10.1. The van der Waals surface area contributed by atoms with Gasteiger partial charge in [-0.2, -0.15) is 0 Å². The van der Waals surface area contributed by atoms with Crippen LogP contribution >= 0.6 is 0 Å². The Kier molecular flexibility index (Phi) is 11.5. The van der Waals surface area contributed by atoms with E-state index in [-0.39, 0.29) is 5.54 Å². The molecule has 0 spiro atoms. The second-order valence-corrected chi connectivity index (χ2v) is 8.46. The summed E-state index contributed by atoms with van der Waals surface area (Å²) in [5.74, 6) is 0. The molecule has 1 unspecified atom stereocenters. The number of hydrogen-bond acceptors (Lipinski definition) is 3. The van der Waals surface area contributed by atoms with Gasteiger partial charge in [0, 0.05) is 13.2 Å². The van der Waals surface area contributed by atoms with Gasteiger partial charge in [0.25, 0.3) is 0 Å². The van der Waals surface area contributed by atoms with Crippen molar-refractivity contribution >= 4 is 14.8 Å². The zero-order valence-corrected chi connectivity index (χ0v) is 14.2. The van der Waals surface area contributed by atoms with E-state index in [0.717, 1.165) is 31.6 Å². The molecule has 0 aromatic rings. The maximum Gasteiger partial charge on any atom is 0.348 e. The number of hydrogen-bond donors (Lipinski definition) is 0. The third-order valence-corrected chi connectivity index (χ3v) is 7.78. The Balaban J connectivity index is 4.67. The van der Waals surface area contributed by atoms with Crippen LogP contribution in [0.15, 0.2) is 0 Å². The molecule has 0 amide bonds. The van der Waals surface area contributed by atoms with E-state index >= 15 is 0 Å². The minimum atomic E-state index is -2.35. The molecule has 19 heavy (non-hydrogen) atoms. The summed E-state index contributed by atoms with van der Waals surface area (Å²) in [4.78, 5) is 11.5. The van der Waals surface area contributed by atoms with Gasteiger partial charge < -0.3 is 13.6 Å². The molecular formula is C15H32O3Si. The molecule has 0 radical (unpaired) electrons. The van der Waals surface area contributed by atoms with Crippen LogP contribution in [-0.4, -0.2) is 28.1 Å². The van der Waals surface area contributed by atoms with Crippen LogP contribution in [0, 0.1) is 0 Å². The largest absolute Gasteiger partial charge is 0.394 e. The fraction of sp³-hybridized carbons (Fsp3) is 0.933. The Bertz CT molecular complexity index is 204. The molecule has 0 N–H and O–H groups in total. The summed E-state index contributed by atoms with van der Waals surface area (Å²) in [6.07, 6.45) is 7.82. The lowest BCUT2D eigenvalue weighted by Crippen LogP contribution is -2.47. The van der Waals surface area contributed by atoms with Crippen LogP contribution in [0.1, 0.15) is 66.2 Å². The number of carbonyl (C=O) groups excluding carboxylic acids is 1. The van der Waals surface area contributed by atoms with Crippen molar-refractivity contribution in [1.82, 2.24) is 0 Å². The van der Waals surface area contributed by atoms with Crippen LogP contribution < -0.4 is 0 Å². The standard InChI is InChI=1S/C15H32O3Si/c1-5-9-10-11-12-15(14-16)19(13-6-2,17-7-3)18-8-4/h14-15H,5-13H2,1-4H3. The summed E-state index contributed by atoms with van der Waals surface area (Å²) in [5, 5.41) is 0. The van der Waals surface area contributed by atoms with Gasteiger partial charge in [0.1, 0.15) is 6.29 Å². The van der Waals surface area contributed by atoms with Gasteiger partial charge >= 0.3 is 8.56 Å². The Morgan fingerprint density at radius 1 is 0.947 bits per heavy atom. The summed E-state index contributed by atoms with van der Waals surface area (Å²) in [6, 6.07) is 0.922. The molecule has 1 atom stereocenters. The van der Waals surface area contributed by atoms with E-state index in [2.05, 4.69) is 13.8 Å². The van der Waals surface area contributed by atoms with Gasteiger partial charge in [0.05, 0.1) is 5.54 Å². The van der Waals surface area contributed by atoms with E-state index in [9.17, 15) is 4.79 Å². The van der Waals surface area contributed by atoms with Crippen molar-refractivity contribution in [2.45, 2.75) is 77.8 Å². The molecule has 0 aromatic heterocycles. The predicted molar refractivity (Wildman–Crippen MR) is 82.7 cm³/mol. The lowest BCUT2D eigenvalue weighted by molar-refractivity contribution is -0.108. The number of unbranched alkanes of at least 4 members (excludes halogenated alkanes) is 3. The van der Waals surface area contributed by atoms with Gasteiger partial charge in [-0.05, 0) is 26.3 Å². The molecule has 0 aliphatic rings. The van der Waals surface area contributed by atoms with Gasteiger partial charge in [-0.1, -0.05) is 46.0 Å². The van der Waals surface area contributed by atoms with E-state index in [4.69, 9.17) is 8.85 Å². The van der Waals surface area contributed by atoms with Crippen LogP contribution in [-0.2, 0) is 13.6 Å². The first-order valence-corrected chi connectivity index (χ1v) is 10.0. The Morgan fingerprint density at radius 2 is 1.58 bits per heavy atom. The molecule has 0 saturated heterocycles. The van der Waals surface area contributed by atoms with Gasteiger partial charge in [-0.25, -0.2) is 0 Å².